The van der Waals surface area contributed by atoms with E-state index in [0.717, 1.165) is 38.5 Å². The van der Waals surface area contributed by atoms with Crippen LogP contribution >= 0.6 is 22.7 Å². The minimum absolute atomic E-state index is 1.11. The Labute approximate surface area is 267 Å². The maximum Gasteiger partial charge on any atom is 0.0352 e. The SMILES string of the molecule is C1=CC(c2cc3c(s2)CCc2c4c(c(-c5ccccc5)c(-c5ccccc5)c2-3)-c2cc(-c3ccccc3)sc2CC4)=CCC1. The topological polar surface area (TPSA) is 0 Å². The molecule has 44 heavy (non-hydrogen) atoms. The average Bonchev–Trinajstić information content (AvgIpc) is 3.74. The van der Waals surface area contributed by atoms with Crippen molar-refractivity contribution in [3.8, 4) is 54.9 Å². The Balaban J connectivity index is 1.38. The monoisotopic (exact) mass is 600 g/mol. The first kappa shape index (κ1) is 26.2. The quantitative estimate of drug-likeness (QED) is 0.189. The zero-order chi connectivity index (χ0) is 29.0. The highest BCUT2D eigenvalue weighted by Crippen LogP contribution is 2.56. The van der Waals surface area contributed by atoms with Crippen molar-refractivity contribution < 1.29 is 0 Å². The molecule has 0 N–H and O–H groups in total. The van der Waals surface area contributed by atoms with Gasteiger partial charge in [-0.1, -0.05) is 109 Å². The summed E-state index contributed by atoms with van der Waals surface area (Å²) in [5.41, 5.74) is 17.2. The summed E-state index contributed by atoms with van der Waals surface area (Å²) >= 11 is 4.01. The van der Waals surface area contributed by atoms with Gasteiger partial charge >= 0.3 is 0 Å². The molecule has 6 aromatic rings. The average molecular weight is 601 g/mol. The second-order valence-corrected chi connectivity index (χ2v) is 14.4. The number of hydrogen-bond acceptors (Lipinski definition) is 2. The van der Waals surface area contributed by atoms with Crippen LogP contribution in [-0.2, 0) is 25.7 Å². The van der Waals surface area contributed by atoms with Crippen LogP contribution in [0.1, 0.15) is 38.6 Å². The highest BCUT2D eigenvalue weighted by Gasteiger charge is 2.34. The lowest BCUT2D eigenvalue weighted by molar-refractivity contribution is 0.893. The Morgan fingerprint density at radius 2 is 0.955 bits per heavy atom. The zero-order valence-corrected chi connectivity index (χ0v) is 26.2. The smallest absolute Gasteiger partial charge is 0.0352 e. The number of allylic oxidation sites excluding steroid dienone is 4. The zero-order valence-electron chi connectivity index (χ0n) is 24.6. The molecule has 9 rings (SSSR count). The summed E-state index contributed by atoms with van der Waals surface area (Å²) in [6.07, 6.45) is 13.9. The molecule has 0 atom stereocenters. The van der Waals surface area contributed by atoms with Crippen LogP contribution in [0.15, 0.2) is 121 Å². The van der Waals surface area contributed by atoms with E-state index in [9.17, 15) is 0 Å². The standard InChI is InChI=1S/C42H32S2/c1-5-13-27(14-6-1)37-25-33-35(43-37)23-21-31-32-22-24-36-34(26-38(44-36)28-15-7-2-8-16-28)42(32)40(30-19-11-4-12-20-30)39(41(31)33)29-17-9-3-10-18-29/h1,3-7,9-20,25-26H,2,8,21-24H2. The molecule has 0 spiro atoms. The van der Waals surface area contributed by atoms with Crippen molar-refractivity contribution in [2.45, 2.75) is 38.5 Å². The van der Waals surface area contributed by atoms with E-state index in [1.165, 1.54) is 70.3 Å². The first-order valence-corrected chi connectivity index (χ1v) is 17.5. The van der Waals surface area contributed by atoms with Gasteiger partial charge < -0.3 is 0 Å². The molecule has 2 heteroatoms. The number of aryl methyl sites for hydroxylation is 2. The summed E-state index contributed by atoms with van der Waals surface area (Å²) in [5.74, 6) is 0. The molecule has 3 aliphatic carbocycles. The van der Waals surface area contributed by atoms with E-state index in [1.54, 1.807) is 16.0 Å². The van der Waals surface area contributed by atoms with E-state index >= 15 is 0 Å². The first-order valence-electron chi connectivity index (χ1n) is 15.8. The normalized spacial score (nSPS) is 14.8. The van der Waals surface area contributed by atoms with Crippen molar-refractivity contribution >= 4 is 28.2 Å². The highest BCUT2D eigenvalue weighted by atomic mass is 32.1. The van der Waals surface area contributed by atoms with Gasteiger partial charge in [0, 0.05) is 19.5 Å². The van der Waals surface area contributed by atoms with Crippen LogP contribution in [0, 0.1) is 0 Å². The van der Waals surface area contributed by atoms with E-state index in [1.807, 2.05) is 22.7 Å². The fourth-order valence-electron chi connectivity index (χ4n) is 7.60. The second-order valence-electron chi connectivity index (χ2n) is 12.1. The molecule has 0 unspecified atom stereocenters. The van der Waals surface area contributed by atoms with E-state index in [-0.39, 0.29) is 0 Å². The van der Waals surface area contributed by atoms with Crippen LogP contribution < -0.4 is 0 Å². The Kier molecular flexibility index (Phi) is 6.39. The van der Waals surface area contributed by atoms with Crippen molar-refractivity contribution in [1.82, 2.24) is 0 Å². The minimum Gasteiger partial charge on any atom is -0.140 e. The van der Waals surface area contributed by atoms with Crippen molar-refractivity contribution in [2.24, 2.45) is 0 Å². The fourth-order valence-corrected chi connectivity index (χ4v) is 9.96. The predicted molar refractivity (Wildman–Crippen MR) is 191 cm³/mol. The number of hydrogen-bond donors (Lipinski definition) is 0. The molecular weight excluding hydrogens is 569 g/mol. The van der Waals surface area contributed by atoms with Gasteiger partial charge in [-0.15, -0.1) is 22.7 Å². The molecule has 0 amide bonds. The van der Waals surface area contributed by atoms with Crippen LogP contribution in [0.5, 0.6) is 0 Å². The van der Waals surface area contributed by atoms with Gasteiger partial charge in [0.05, 0.1) is 0 Å². The molecule has 2 aromatic heterocycles. The summed E-state index contributed by atoms with van der Waals surface area (Å²) in [5, 5.41) is 0. The lowest BCUT2D eigenvalue weighted by Crippen LogP contribution is -2.13. The summed E-state index contributed by atoms with van der Waals surface area (Å²) in [6.45, 7) is 0. The predicted octanol–water partition coefficient (Wildman–Crippen LogP) is 12.1. The van der Waals surface area contributed by atoms with Crippen molar-refractivity contribution in [3.05, 3.63) is 147 Å². The Morgan fingerprint density at radius 1 is 0.455 bits per heavy atom. The minimum atomic E-state index is 1.11. The molecule has 0 saturated carbocycles. The largest absolute Gasteiger partial charge is 0.140 e. The fraction of sp³-hybridized carbons (Fsp3) is 0.143. The molecule has 212 valence electrons. The summed E-state index contributed by atoms with van der Waals surface area (Å²) in [4.78, 5) is 5.86. The first-order chi connectivity index (χ1) is 21.8. The van der Waals surface area contributed by atoms with Gasteiger partial charge in [0.2, 0.25) is 0 Å². The highest BCUT2D eigenvalue weighted by molar-refractivity contribution is 7.16. The maximum absolute atomic E-state index is 2.53. The Hall–Kier alpha value is -4.24. The van der Waals surface area contributed by atoms with Gasteiger partial charge in [0.15, 0.2) is 0 Å². The molecule has 0 fully saturated rings. The van der Waals surface area contributed by atoms with Gasteiger partial charge in [-0.3, -0.25) is 0 Å². The molecule has 2 heterocycles. The second kappa shape index (κ2) is 10.7. The maximum atomic E-state index is 2.53. The van der Waals surface area contributed by atoms with Crippen LogP contribution in [0.3, 0.4) is 0 Å². The molecule has 0 radical (unpaired) electrons. The number of thiophene rings is 2. The molecule has 0 bridgehead atoms. The lowest BCUT2D eigenvalue weighted by Gasteiger charge is -2.32. The van der Waals surface area contributed by atoms with Crippen LogP contribution in [0.2, 0.25) is 0 Å². The summed E-state index contributed by atoms with van der Waals surface area (Å²) in [7, 11) is 0. The number of rotatable bonds is 4. The third kappa shape index (κ3) is 4.24. The number of benzene rings is 4. The summed E-state index contributed by atoms with van der Waals surface area (Å²) < 4.78 is 0. The van der Waals surface area contributed by atoms with Crippen LogP contribution in [0.25, 0.3) is 60.5 Å². The van der Waals surface area contributed by atoms with Crippen LogP contribution in [-0.4, -0.2) is 0 Å². The van der Waals surface area contributed by atoms with E-state index in [4.69, 9.17) is 0 Å². The van der Waals surface area contributed by atoms with Crippen LogP contribution in [0.4, 0.5) is 0 Å². The third-order valence-corrected chi connectivity index (χ3v) is 12.0. The van der Waals surface area contributed by atoms with Gasteiger partial charge in [-0.25, -0.2) is 0 Å². The molecular formula is C42H32S2. The molecule has 0 saturated heterocycles. The molecule has 3 aliphatic rings. The van der Waals surface area contributed by atoms with Crippen molar-refractivity contribution in [3.63, 3.8) is 0 Å². The summed E-state index contributed by atoms with van der Waals surface area (Å²) in [6, 6.07) is 38.4. The van der Waals surface area contributed by atoms with Crippen molar-refractivity contribution in [2.75, 3.05) is 0 Å². The number of fused-ring (bicyclic) bond motifs is 7. The van der Waals surface area contributed by atoms with Gasteiger partial charge in [-0.2, -0.15) is 0 Å². The third-order valence-electron chi connectivity index (χ3n) is 9.54. The molecule has 0 aliphatic heterocycles. The van der Waals surface area contributed by atoms with Crippen molar-refractivity contribution in [1.29, 1.82) is 0 Å². The Morgan fingerprint density at radius 3 is 1.48 bits per heavy atom. The Bertz CT molecular complexity index is 2090. The van der Waals surface area contributed by atoms with Gasteiger partial charge in [0.1, 0.15) is 0 Å². The van der Waals surface area contributed by atoms with E-state index < -0.39 is 0 Å². The van der Waals surface area contributed by atoms with Gasteiger partial charge in [0.25, 0.3) is 0 Å². The molecule has 0 nitrogen and oxygen atoms in total. The van der Waals surface area contributed by atoms with E-state index in [2.05, 4.69) is 121 Å². The van der Waals surface area contributed by atoms with Gasteiger partial charge in [-0.05, 0) is 117 Å². The molecule has 4 aromatic carbocycles. The van der Waals surface area contributed by atoms with E-state index in [0.29, 0.717) is 0 Å². The lowest BCUT2D eigenvalue weighted by atomic mass is 9.72.